The molecule has 2 aromatic heterocycles. The van der Waals surface area contributed by atoms with Crippen LogP contribution in [-0.2, 0) is 6.54 Å². The van der Waals surface area contributed by atoms with Crippen LogP contribution in [0.3, 0.4) is 0 Å². The smallest absolute Gasteiger partial charge is 0.0951 e. The van der Waals surface area contributed by atoms with Crippen LogP contribution in [-0.4, -0.2) is 14.5 Å². The standard InChI is InChI=1S/C17H18N4/c1-13(14-5-3-2-4-6-14)11-21-12-20-10-17(21)15-9-19-8-7-16(15)18/h2-10,12-13H,11H2,1H3,(H2,18,19). The largest absolute Gasteiger partial charge is 0.398 e. The molecule has 0 saturated heterocycles. The van der Waals surface area contributed by atoms with Gasteiger partial charge in [-0.1, -0.05) is 37.3 Å². The second kappa shape index (κ2) is 5.79. The Kier molecular flexibility index (Phi) is 3.69. The molecule has 0 radical (unpaired) electrons. The van der Waals surface area contributed by atoms with Gasteiger partial charge in [-0.3, -0.25) is 4.98 Å². The molecule has 0 fully saturated rings. The molecule has 106 valence electrons. The number of aromatic nitrogens is 3. The van der Waals surface area contributed by atoms with Gasteiger partial charge in [-0.2, -0.15) is 0 Å². The Morgan fingerprint density at radius 2 is 1.90 bits per heavy atom. The van der Waals surface area contributed by atoms with Gasteiger partial charge in [-0.05, 0) is 17.5 Å². The Morgan fingerprint density at radius 1 is 1.10 bits per heavy atom. The van der Waals surface area contributed by atoms with Crippen molar-refractivity contribution in [3.63, 3.8) is 0 Å². The van der Waals surface area contributed by atoms with Gasteiger partial charge in [-0.15, -0.1) is 0 Å². The van der Waals surface area contributed by atoms with Crippen molar-refractivity contribution in [2.75, 3.05) is 5.73 Å². The number of hydrogen-bond acceptors (Lipinski definition) is 3. The molecule has 4 nitrogen and oxygen atoms in total. The summed E-state index contributed by atoms with van der Waals surface area (Å²) >= 11 is 0. The number of rotatable bonds is 4. The SMILES string of the molecule is CC(Cn1cncc1-c1cnccc1N)c1ccccc1. The van der Waals surface area contributed by atoms with E-state index >= 15 is 0 Å². The van der Waals surface area contributed by atoms with Crippen LogP contribution in [0.1, 0.15) is 18.4 Å². The van der Waals surface area contributed by atoms with Gasteiger partial charge in [0.05, 0.1) is 18.2 Å². The van der Waals surface area contributed by atoms with E-state index < -0.39 is 0 Å². The van der Waals surface area contributed by atoms with Gasteiger partial charge in [0.1, 0.15) is 0 Å². The predicted octanol–water partition coefficient (Wildman–Crippen LogP) is 3.33. The lowest BCUT2D eigenvalue weighted by atomic mass is 10.0. The zero-order valence-electron chi connectivity index (χ0n) is 12.0. The Labute approximate surface area is 124 Å². The summed E-state index contributed by atoms with van der Waals surface area (Å²) in [4.78, 5) is 8.42. The monoisotopic (exact) mass is 278 g/mol. The Hall–Kier alpha value is -2.62. The van der Waals surface area contributed by atoms with Crippen LogP contribution >= 0.6 is 0 Å². The molecule has 1 atom stereocenters. The van der Waals surface area contributed by atoms with Crippen LogP contribution in [0.25, 0.3) is 11.3 Å². The zero-order chi connectivity index (χ0) is 14.7. The van der Waals surface area contributed by atoms with E-state index in [4.69, 9.17) is 5.73 Å². The number of nitrogen functional groups attached to an aromatic ring is 1. The number of hydrogen-bond donors (Lipinski definition) is 1. The van der Waals surface area contributed by atoms with Crippen molar-refractivity contribution in [2.45, 2.75) is 19.4 Å². The van der Waals surface area contributed by atoms with Crippen molar-refractivity contribution >= 4 is 5.69 Å². The molecule has 0 spiro atoms. The van der Waals surface area contributed by atoms with Crippen LogP contribution in [0.4, 0.5) is 5.69 Å². The van der Waals surface area contributed by atoms with Gasteiger partial charge < -0.3 is 10.3 Å². The molecule has 1 unspecified atom stereocenters. The van der Waals surface area contributed by atoms with Crippen molar-refractivity contribution in [1.82, 2.24) is 14.5 Å². The fourth-order valence-corrected chi connectivity index (χ4v) is 2.49. The lowest BCUT2D eigenvalue weighted by Gasteiger charge is -2.15. The van der Waals surface area contributed by atoms with Crippen LogP contribution < -0.4 is 5.73 Å². The third-order valence-corrected chi connectivity index (χ3v) is 3.68. The highest BCUT2D eigenvalue weighted by atomic mass is 15.0. The number of anilines is 1. The molecular formula is C17H18N4. The molecule has 2 N–H and O–H groups in total. The van der Waals surface area contributed by atoms with Gasteiger partial charge in [0.2, 0.25) is 0 Å². The zero-order valence-corrected chi connectivity index (χ0v) is 12.0. The summed E-state index contributed by atoms with van der Waals surface area (Å²) in [7, 11) is 0. The van der Waals surface area contributed by atoms with E-state index in [0.717, 1.165) is 23.5 Å². The van der Waals surface area contributed by atoms with Crippen LogP contribution in [0, 0.1) is 0 Å². The minimum Gasteiger partial charge on any atom is -0.398 e. The molecule has 3 aromatic rings. The van der Waals surface area contributed by atoms with Gasteiger partial charge in [0.25, 0.3) is 0 Å². The van der Waals surface area contributed by atoms with Crippen molar-refractivity contribution < 1.29 is 0 Å². The molecule has 0 aliphatic carbocycles. The summed E-state index contributed by atoms with van der Waals surface area (Å²) < 4.78 is 2.13. The molecule has 21 heavy (non-hydrogen) atoms. The number of benzene rings is 1. The van der Waals surface area contributed by atoms with E-state index in [9.17, 15) is 0 Å². The summed E-state index contributed by atoms with van der Waals surface area (Å²) in [5.41, 5.74) is 10.0. The maximum absolute atomic E-state index is 6.04. The average Bonchev–Trinajstić information content (AvgIpc) is 2.96. The first kappa shape index (κ1) is 13.4. The number of nitrogens with two attached hydrogens (primary N) is 1. The number of nitrogens with zero attached hydrogens (tertiary/aromatic N) is 3. The molecule has 2 heterocycles. The summed E-state index contributed by atoms with van der Waals surface area (Å²) in [6.07, 6.45) is 7.18. The Morgan fingerprint density at radius 3 is 2.67 bits per heavy atom. The van der Waals surface area contributed by atoms with Gasteiger partial charge in [-0.25, -0.2) is 4.98 Å². The minimum absolute atomic E-state index is 0.400. The summed E-state index contributed by atoms with van der Waals surface area (Å²) in [6.45, 7) is 3.07. The van der Waals surface area contributed by atoms with Crippen molar-refractivity contribution in [3.8, 4) is 11.3 Å². The topological polar surface area (TPSA) is 56.7 Å². The lowest BCUT2D eigenvalue weighted by Crippen LogP contribution is -2.07. The summed E-state index contributed by atoms with van der Waals surface area (Å²) in [5, 5.41) is 0. The first-order valence-corrected chi connectivity index (χ1v) is 7.00. The van der Waals surface area contributed by atoms with Gasteiger partial charge in [0.15, 0.2) is 0 Å². The quantitative estimate of drug-likeness (QED) is 0.796. The predicted molar refractivity (Wildman–Crippen MR) is 84.7 cm³/mol. The Balaban J connectivity index is 1.88. The first-order valence-electron chi connectivity index (χ1n) is 7.00. The maximum Gasteiger partial charge on any atom is 0.0951 e. The highest BCUT2D eigenvalue weighted by Crippen LogP contribution is 2.26. The van der Waals surface area contributed by atoms with E-state index in [2.05, 4.69) is 45.7 Å². The molecule has 0 aliphatic rings. The third-order valence-electron chi connectivity index (χ3n) is 3.68. The van der Waals surface area contributed by atoms with E-state index in [1.165, 1.54) is 5.56 Å². The highest BCUT2D eigenvalue weighted by Gasteiger charge is 2.12. The molecular weight excluding hydrogens is 260 g/mol. The normalized spacial score (nSPS) is 12.2. The van der Waals surface area contributed by atoms with E-state index in [0.29, 0.717) is 5.92 Å². The molecule has 3 rings (SSSR count). The fraction of sp³-hybridized carbons (Fsp3) is 0.176. The van der Waals surface area contributed by atoms with Gasteiger partial charge in [0, 0.05) is 30.2 Å². The minimum atomic E-state index is 0.400. The average molecular weight is 278 g/mol. The number of imidazole rings is 1. The molecule has 0 saturated carbocycles. The van der Waals surface area contributed by atoms with Crippen LogP contribution in [0.2, 0.25) is 0 Å². The highest BCUT2D eigenvalue weighted by molar-refractivity contribution is 5.72. The van der Waals surface area contributed by atoms with E-state index in [-0.39, 0.29) is 0 Å². The second-order valence-corrected chi connectivity index (χ2v) is 5.21. The molecule has 1 aromatic carbocycles. The molecule has 4 heteroatoms. The maximum atomic E-state index is 6.04. The third kappa shape index (κ3) is 2.79. The molecule has 0 bridgehead atoms. The van der Waals surface area contributed by atoms with E-state index in [1.54, 1.807) is 12.4 Å². The second-order valence-electron chi connectivity index (χ2n) is 5.21. The van der Waals surface area contributed by atoms with E-state index in [1.807, 2.05) is 24.7 Å². The Bertz CT molecular complexity index is 718. The molecule has 0 aliphatic heterocycles. The van der Waals surface area contributed by atoms with Gasteiger partial charge >= 0.3 is 0 Å². The summed E-state index contributed by atoms with van der Waals surface area (Å²) in [6, 6.07) is 12.3. The molecule has 0 amide bonds. The van der Waals surface area contributed by atoms with Crippen LogP contribution in [0.5, 0.6) is 0 Å². The lowest BCUT2D eigenvalue weighted by molar-refractivity contribution is 0.601. The van der Waals surface area contributed by atoms with Crippen molar-refractivity contribution in [3.05, 3.63) is 66.9 Å². The van der Waals surface area contributed by atoms with Crippen molar-refractivity contribution in [2.24, 2.45) is 0 Å². The van der Waals surface area contributed by atoms with Crippen molar-refractivity contribution in [1.29, 1.82) is 0 Å². The van der Waals surface area contributed by atoms with Crippen LogP contribution in [0.15, 0.2) is 61.3 Å². The number of pyridine rings is 1. The fourth-order valence-electron chi connectivity index (χ4n) is 2.49. The summed E-state index contributed by atoms with van der Waals surface area (Å²) in [5.74, 6) is 0.400. The first-order chi connectivity index (χ1) is 10.3.